The van der Waals surface area contributed by atoms with Crippen molar-refractivity contribution < 1.29 is 24.2 Å². The number of methoxy groups -OCH3 is 1. The fourth-order valence-electron chi connectivity index (χ4n) is 1.82. The Morgan fingerprint density at radius 3 is 2.48 bits per heavy atom. The van der Waals surface area contributed by atoms with Gasteiger partial charge in [0.05, 0.1) is 12.7 Å². The lowest BCUT2D eigenvalue weighted by atomic mass is 10.2. The molecule has 0 saturated heterocycles. The molecule has 6 heteroatoms. The lowest BCUT2D eigenvalue weighted by Crippen LogP contribution is -2.30. The molecule has 0 aliphatic carbocycles. The molecule has 1 atom stereocenters. The van der Waals surface area contributed by atoms with Crippen LogP contribution in [0, 0.1) is 0 Å². The van der Waals surface area contributed by atoms with E-state index in [2.05, 4.69) is 5.32 Å². The van der Waals surface area contributed by atoms with E-state index in [0.29, 0.717) is 11.4 Å². The zero-order valence-electron chi connectivity index (χ0n) is 12.8. The number of phenolic OH excluding ortho intramolecular Hbond substituents is 1. The molecule has 1 amide bonds. The number of aromatic hydroxyl groups is 1. The van der Waals surface area contributed by atoms with Crippen molar-refractivity contribution in [3.63, 3.8) is 0 Å². The minimum Gasteiger partial charge on any atom is -0.508 e. The molecular weight excluding hydrogens is 298 g/mol. The number of amides is 1. The summed E-state index contributed by atoms with van der Waals surface area (Å²) in [5.74, 6) is -0.439. The van der Waals surface area contributed by atoms with Gasteiger partial charge in [0, 0.05) is 11.8 Å². The average Bonchev–Trinajstić information content (AvgIpc) is 2.55. The van der Waals surface area contributed by atoms with E-state index in [1.807, 2.05) is 0 Å². The summed E-state index contributed by atoms with van der Waals surface area (Å²) < 4.78 is 10.2. The smallest absolute Gasteiger partial charge is 0.338 e. The maximum absolute atomic E-state index is 12.1. The van der Waals surface area contributed by atoms with E-state index >= 15 is 0 Å². The number of hydrogen-bond acceptors (Lipinski definition) is 5. The summed E-state index contributed by atoms with van der Waals surface area (Å²) in [4.78, 5) is 24.0. The summed E-state index contributed by atoms with van der Waals surface area (Å²) in [6, 6.07) is 12.4. The second-order valence-electron chi connectivity index (χ2n) is 4.82. The molecule has 23 heavy (non-hydrogen) atoms. The van der Waals surface area contributed by atoms with Crippen LogP contribution in [0.1, 0.15) is 17.3 Å². The van der Waals surface area contributed by atoms with Gasteiger partial charge in [-0.25, -0.2) is 4.79 Å². The van der Waals surface area contributed by atoms with E-state index < -0.39 is 18.0 Å². The normalized spacial score (nSPS) is 11.4. The Morgan fingerprint density at radius 2 is 1.83 bits per heavy atom. The Balaban J connectivity index is 1.96. The lowest BCUT2D eigenvalue weighted by molar-refractivity contribution is -0.123. The van der Waals surface area contributed by atoms with Gasteiger partial charge in [-0.3, -0.25) is 4.79 Å². The van der Waals surface area contributed by atoms with Crippen LogP contribution in [0.25, 0.3) is 0 Å². The van der Waals surface area contributed by atoms with Gasteiger partial charge in [-0.1, -0.05) is 6.07 Å². The van der Waals surface area contributed by atoms with Crippen LogP contribution in [0.3, 0.4) is 0 Å². The van der Waals surface area contributed by atoms with Gasteiger partial charge in [0.15, 0.2) is 6.10 Å². The van der Waals surface area contributed by atoms with Gasteiger partial charge in [-0.15, -0.1) is 0 Å². The van der Waals surface area contributed by atoms with E-state index in [0.717, 1.165) is 0 Å². The van der Waals surface area contributed by atoms with E-state index in [1.165, 1.54) is 38.3 Å². The number of esters is 1. The second-order valence-corrected chi connectivity index (χ2v) is 4.82. The van der Waals surface area contributed by atoms with Crippen LogP contribution in [-0.2, 0) is 9.53 Å². The summed E-state index contributed by atoms with van der Waals surface area (Å²) in [7, 11) is 1.53. The molecule has 0 aliphatic rings. The molecule has 0 bridgehead atoms. The van der Waals surface area contributed by atoms with Crippen molar-refractivity contribution in [1.82, 2.24) is 0 Å². The van der Waals surface area contributed by atoms with Crippen LogP contribution in [0.4, 0.5) is 5.69 Å². The van der Waals surface area contributed by atoms with Crippen LogP contribution < -0.4 is 10.1 Å². The molecule has 0 heterocycles. The molecule has 0 fully saturated rings. The van der Waals surface area contributed by atoms with Gasteiger partial charge >= 0.3 is 5.97 Å². The first-order valence-corrected chi connectivity index (χ1v) is 6.94. The maximum Gasteiger partial charge on any atom is 0.338 e. The predicted molar refractivity (Wildman–Crippen MR) is 84.6 cm³/mol. The van der Waals surface area contributed by atoms with Crippen LogP contribution >= 0.6 is 0 Å². The Kier molecular flexibility index (Phi) is 5.19. The van der Waals surface area contributed by atoms with Gasteiger partial charge in [0.2, 0.25) is 0 Å². The van der Waals surface area contributed by atoms with Crippen LogP contribution in [-0.4, -0.2) is 30.2 Å². The minimum atomic E-state index is -0.970. The largest absolute Gasteiger partial charge is 0.508 e. The highest BCUT2D eigenvalue weighted by Gasteiger charge is 2.19. The maximum atomic E-state index is 12.1. The second kappa shape index (κ2) is 7.31. The van der Waals surface area contributed by atoms with Gasteiger partial charge < -0.3 is 19.9 Å². The molecule has 0 spiro atoms. The molecule has 2 aromatic carbocycles. The van der Waals surface area contributed by atoms with Crippen molar-refractivity contribution in [2.75, 3.05) is 12.4 Å². The third kappa shape index (κ3) is 4.47. The van der Waals surface area contributed by atoms with Gasteiger partial charge in [-0.2, -0.15) is 0 Å². The lowest BCUT2D eigenvalue weighted by Gasteiger charge is -2.14. The fraction of sp³-hybridized carbons (Fsp3) is 0.176. The number of ether oxygens (including phenoxy) is 2. The highest BCUT2D eigenvalue weighted by molar-refractivity contribution is 5.97. The highest BCUT2D eigenvalue weighted by atomic mass is 16.5. The summed E-state index contributed by atoms with van der Waals surface area (Å²) in [5, 5.41) is 11.8. The number of carbonyl (C=O) groups excluding carboxylic acids is 2. The van der Waals surface area contributed by atoms with Crippen LogP contribution in [0.15, 0.2) is 48.5 Å². The summed E-state index contributed by atoms with van der Waals surface area (Å²) in [6.07, 6.45) is -0.970. The molecule has 0 aromatic heterocycles. The molecule has 120 valence electrons. The minimum absolute atomic E-state index is 0.0466. The van der Waals surface area contributed by atoms with Gasteiger partial charge in [0.1, 0.15) is 11.5 Å². The van der Waals surface area contributed by atoms with E-state index in [1.54, 1.807) is 24.3 Å². The van der Waals surface area contributed by atoms with Crippen molar-refractivity contribution in [1.29, 1.82) is 0 Å². The van der Waals surface area contributed by atoms with E-state index in [4.69, 9.17) is 9.47 Å². The number of rotatable bonds is 5. The zero-order valence-corrected chi connectivity index (χ0v) is 12.8. The van der Waals surface area contributed by atoms with Crippen molar-refractivity contribution in [3.8, 4) is 11.5 Å². The first-order valence-electron chi connectivity index (χ1n) is 6.94. The summed E-state index contributed by atoms with van der Waals surface area (Å²) in [5.41, 5.74) is 0.797. The number of anilines is 1. The first-order chi connectivity index (χ1) is 11.0. The number of carbonyl (C=O) groups is 2. The average molecular weight is 315 g/mol. The quantitative estimate of drug-likeness (QED) is 0.828. The van der Waals surface area contributed by atoms with Crippen molar-refractivity contribution in [3.05, 3.63) is 54.1 Å². The van der Waals surface area contributed by atoms with Crippen molar-refractivity contribution in [2.24, 2.45) is 0 Å². The number of benzene rings is 2. The topological polar surface area (TPSA) is 84.9 Å². The molecule has 2 aromatic rings. The molecule has 2 N–H and O–H groups in total. The Labute approximate surface area is 133 Å². The van der Waals surface area contributed by atoms with Crippen LogP contribution in [0.2, 0.25) is 0 Å². The predicted octanol–water partition coefficient (Wildman–Crippen LogP) is 2.58. The molecule has 0 aliphatic heterocycles. The molecule has 2 rings (SSSR count). The van der Waals surface area contributed by atoms with Crippen molar-refractivity contribution >= 4 is 17.6 Å². The molecule has 0 saturated carbocycles. The first kappa shape index (κ1) is 16.4. The number of phenols is 1. The zero-order chi connectivity index (χ0) is 16.8. The van der Waals surface area contributed by atoms with Gasteiger partial charge in [-0.05, 0) is 43.3 Å². The van der Waals surface area contributed by atoms with E-state index in [-0.39, 0.29) is 11.3 Å². The Hall–Kier alpha value is -3.02. The summed E-state index contributed by atoms with van der Waals surface area (Å²) >= 11 is 0. The third-order valence-electron chi connectivity index (χ3n) is 3.09. The van der Waals surface area contributed by atoms with Crippen molar-refractivity contribution in [2.45, 2.75) is 13.0 Å². The molecule has 6 nitrogen and oxygen atoms in total. The monoisotopic (exact) mass is 315 g/mol. The third-order valence-corrected chi connectivity index (χ3v) is 3.09. The molecular formula is C17H17NO5. The SMILES string of the molecule is COc1cccc(NC(=O)[C@@H](C)OC(=O)c2ccc(O)cc2)c1. The molecule has 0 radical (unpaired) electrons. The highest BCUT2D eigenvalue weighted by Crippen LogP contribution is 2.17. The summed E-state index contributed by atoms with van der Waals surface area (Å²) in [6.45, 7) is 1.48. The van der Waals surface area contributed by atoms with Crippen LogP contribution in [0.5, 0.6) is 11.5 Å². The van der Waals surface area contributed by atoms with Gasteiger partial charge in [0.25, 0.3) is 5.91 Å². The number of nitrogens with one attached hydrogen (secondary N) is 1. The fourth-order valence-corrected chi connectivity index (χ4v) is 1.82. The number of hydrogen-bond donors (Lipinski definition) is 2. The standard InChI is InChI=1S/C17H17NO5/c1-11(23-17(21)12-6-8-14(19)9-7-12)16(20)18-13-4-3-5-15(10-13)22-2/h3-11,19H,1-2H3,(H,18,20)/t11-/m1/s1. The van der Waals surface area contributed by atoms with E-state index in [9.17, 15) is 14.7 Å². The molecule has 0 unspecified atom stereocenters. The Bertz CT molecular complexity index is 696. The Morgan fingerprint density at radius 1 is 1.13 bits per heavy atom.